The minimum absolute atomic E-state index is 0. The number of nitrogens with zero attached hydrogens (tertiary/aromatic N) is 1. The SMILES string of the molecule is CC1=C(C)C(C)=[C]([Zr+2][CH]2C(n3c(C)c(C)c4ccccc43)=Cc3ccccc32)C1.[F-].[F-]. The van der Waals surface area contributed by atoms with Crippen molar-refractivity contribution in [3.8, 4) is 0 Å². The molecule has 4 heteroatoms. The smallest absolute Gasteiger partial charge is 1.00 e. The van der Waals surface area contributed by atoms with Crippen molar-refractivity contribution in [3.63, 3.8) is 0 Å². The van der Waals surface area contributed by atoms with Gasteiger partial charge in [-0.05, 0) is 0 Å². The zero-order valence-corrected chi connectivity index (χ0v) is 21.1. The topological polar surface area (TPSA) is 4.93 Å². The molecule has 1 unspecified atom stereocenters. The molecule has 1 atom stereocenters. The molecule has 1 aromatic heterocycles. The molecule has 3 aromatic rings. The number of halogens is 2. The van der Waals surface area contributed by atoms with E-state index in [9.17, 15) is 0 Å². The van der Waals surface area contributed by atoms with E-state index in [0.29, 0.717) is 3.63 Å². The molecular formula is C27H27F2NZr. The van der Waals surface area contributed by atoms with Crippen LogP contribution in [-0.2, 0) is 23.2 Å². The monoisotopic (exact) mass is 493 g/mol. The van der Waals surface area contributed by atoms with E-state index in [1.165, 1.54) is 45.4 Å². The van der Waals surface area contributed by atoms with Gasteiger partial charge in [0.15, 0.2) is 0 Å². The molecule has 0 aliphatic heterocycles. The first-order valence-corrected chi connectivity index (χ1v) is 13.1. The van der Waals surface area contributed by atoms with Crippen molar-refractivity contribution >= 4 is 22.7 Å². The van der Waals surface area contributed by atoms with E-state index in [1.54, 1.807) is 20.0 Å². The van der Waals surface area contributed by atoms with E-state index < -0.39 is 23.2 Å². The molecule has 5 rings (SSSR count). The fourth-order valence-electron chi connectivity index (χ4n) is 4.92. The van der Waals surface area contributed by atoms with Crippen LogP contribution in [0.25, 0.3) is 22.7 Å². The Morgan fingerprint density at radius 1 is 0.839 bits per heavy atom. The van der Waals surface area contributed by atoms with E-state index in [1.807, 2.05) is 0 Å². The summed E-state index contributed by atoms with van der Waals surface area (Å²) >= 11 is -0.824. The molecule has 0 fully saturated rings. The fraction of sp³-hybridized carbons (Fsp3) is 0.259. The molecule has 0 bridgehead atoms. The summed E-state index contributed by atoms with van der Waals surface area (Å²) < 4.78 is 4.92. The Bertz CT molecular complexity index is 1260. The Labute approximate surface area is 194 Å². The van der Waals surface area contributed by atoms with Crippen LogP contribution >= 0.6 is 0 Å². The van der Waals surface area contributed by atoms with Crippen molar-refractivity contribution in [2.75, 3.05) is 0 Å². The zero-order chi connectivity index (χ0) is 20.3. The standard InChI is InChI=1S/C19H16N.C8H11.2FH.Zr/c1-13-14(2)20(19-10-6-5-9-18(13)19)17-11-15-7-3-4-8-16(15)12-17;1-6-4-5-7(2)8(6)3;;;/h3-12H,1-2H3;4H2,1-3H3;2*1H;/q;;;;+2/p-2. The van der Waals surface area contributed by atoms with Gasteiger partial charge in [0, 0.05) is 0 Å². The number of hydrogen-bond donors (Lipinski definition) is 0. The van der Waals surface area contributed by atoms with Gasteiger partial charge in [-0.2, -0.15) is 0 Å². The largest absolute Gasteiger partial charge is 1.00 e. The Morgan fingerprint density at radius 2 is 1.52 bits per heavy atom. The van der Waals surface area contributed by atoms with Crippen molar-refractivity contribution < 1.29 is 32.6 Å². The van der Waals surface area contributed by atoms with Gasteiger partial charge in [-0.15, -0.1) is 0 Å². The maximum absolute atomic E-state index is 2.56. The van der Waals surface area contributed by atoms with Crippen LogP contribution in [0.3, 0.4) is 0 Å². The van der Waals surface area contributed by atoms with Crippen molar-refractivity contribution in [1.82, 2.24) is 4.57 Å². The normalized spacial score (nSPS) is 17.3. The van der Waals surface area contributed by atoms with Crippen molar-refractivity contribution in [2.24, 2.45) is 0 Å². The molecule has 1 heterocycles. The molecule has 0 radical (unpaired) electrons. The van der Waals surface area contributed by atoms with Crippen LogP contribution in [0.2, 0.25) is 0 Å². The van der Waals surface area contributed by atoms with Gasteiger partial charge in [0.25, 0.3) is 0 Å². The second kappa shape index (κ2) is 8.83. The average Bonchev–Trinajstić information content (AvgIpc) is 3.29. The molecule has 2 aliphatic rings. The maximum Gasteiger partial charge on any atom is -1.00 e. The minimum atomic E-state index is -0.824. The van der Waals surface area contributed by atoms with E-state index in [-0.39, 0.29) is 9.41 Å². The van der Waals surface area contributed by atoms with Crippen LogP contribution in [0.1, 0.15) is 53.2 Å². The predicted octanol–water partition coefficient (Wildman–Crippen LogP) is 1.42. The van der Waals surface area contributed by atoms with Crippen LogP contribution < -0.4 is 9.41 Å². The van der Waals surface area contributed by atoms with Crippen molar-refractivity contribution in [2.45, 2.75) is 44.7 Å². The molecule has 31 heavy (non-hydrogen) atoms. The summed E-state index contributed by atoms with van der Waals surface area (Å²) in [5.41, 5.74) is 13.3. The number of benzene rings is 2. The average molecular weight is 495 g/mol. The van der Waals surface area contributed by atoms with Gasteiger partial charge in [0.1, 0.15) is 0 Å². The summed E-state index contributed by atoms with van der Waals surface area (Å²) in [4.78, 5) is 0. The summed E-state index contributed by atoms with van der Waals surface area (Å²) in [7, 11) is 0. The third kappa shape index (κ3) is 3.63. The second-order valence-electron chi connectivity index (χ2n) is 8.52. The molecule has 2 aliphatic carbocycles. The Kier molecular flexibility index (Phi) is 6.72. The van der Waals surface area contributed by atoms with Gasteiger partial charge in [-0.25, -0.2) is 0 Å². The minimum Gasteiger partial charge on any atom is -1.00 e. The molecule has 0 saturated carbocycles. The number of fused-ring (bicyclic) bond motifs is 2. The molecular weight excluding hydrogens is 468 g/mol. The Morgan fingerprint density at radius 3 is 2.23 bits per heavy atom. The number of aryl methyl sites for hydroxylation is 1. The van der Waals surface area contributed by atoms with Gasteiger partial charge < -0.3 is 9.41 Å². The van der Waals surface area contributed by atoms with E-state index in [2.05, 4.69) is 93.8 Å². The van der Waals surface area contributed by atoms with Crippen LogP contribution in [-0.4, -0.2) is 4.57 Å². The van der Waals surface area contributed by atoms with Gasteiger partial charge in [0.05, 0.1) is 0 Å². The number of hydrogen-bond acceptors (Lipinski definition) is 0. The van der Waals surface area contributed by atoms with Crippen LogP contribution in [0.4, 0.5) is 0 Å². The predicted molar refractivity (Wildman–Crippen MR) is 120 cm³/mol. The maximum atomic E-state index is 2.56. The first-order chi connectivity index (χ1) is 14.0. The number of allylic oxidation sites excluding steroid dienone is 5. The molecule has 1 nitrogen and oxygen atoms in total. The van der Waals surface area contributed by atoms with Crippen molar-refractivity contribution in [1.29, 1.82) is 0 Å². The summed E-state index contributed by atoms with van der Waals surface area (Å²) in [5, 5.41) is 1.38. The molecule has 0 N–H and O–H groups in total. The first-order valence-electron chi connectivity index (χ1n) is 10.5. The van der Waals surface area contributed by atoms with E-state index in [4.69, 9.17) is 0 Å². The van der Waals surface area contributed by atoms with Crippen LogP contribution in [0.15, 0.2) is 68.5 Å². The third-order valence-corrected chi connectivity index (χ3v) is 11.4. The number of para-hydroxylation sites is 1. The molecule has 2 aromatic carbocycles. The fourth-order valence-corrected chi connectivity index (χ4v) is 9.59. The zero-order valence-electron chi connectivity index (χ0n) is 18.7. The summed E-state index contributed by atoms with van der Waals surface area (Å²) in [6.07, 6.45) is 3.68. The van der Waals surface area contributed by atoms with Crippen LogP contribution in [0.5, 0.6) is 0 Å². The quantitative estimate of drug-likeness (QED) is 0.519. The molecule has 0 spiro atoms. The number of rotatable bonds is 3. The molecule has 0 amide bonds. The Hall–Kier alpha value is -2.06. The van der Waals surface area contributed by atoms with Gasteiger partial charge >= 0.3 is 186 Å². The van der Waals surface area contributed by atoms with Gasteiger partial charge in [-0.3, -0.25) is 0 Å². The van der Waals surface area contributed by atoms with E-state index in [0.717, 1.165) is 0 Å². The first kappa shape index (κ1) is 23.6. The van der Waals surface area contributed by atoms with Gasteiger partial charge in [-0.1, -0.05) is 0 Å². The second-order valence-corrected chi connectivity index (χ2v) is 12.1. The third-order valence-electron chi connectivity index (χ3n) is 7.01. The van der Waals surface area contributed by atoms with Crippen LogP contribution in [0, 0.1) is 13.8 Å². The molecule has 158 valence electrons. The summed E-state index contributed by atoms with van der Waals surface area (Å²) in [6.45, 7) is 11.5. The number of aromatic nitrogens is 1. The molecule has 0 saturated heterocycles. The van der Waals surface area contributed by atoms with Crippen molar-refractivity contribution in [3.05, 3.63) is 90.9 Å². The summed E-state index contributed by atoms with van der Waals surface area (Å²) in [5.74, 6) is 0. The summed E-state index contributed by atoms with van der Waals surface area (Å²) in [6, 6.07) is 18.0. The van der Waals surface area contributed by atoms with Gasteiger partial charge in [0.2, 0.25) is 0 Å². The Balaban J connectivity index is 0.00000136. The van der Waals surface area contributed by atoms with E-state index >= 15 is 0 Å².